The van der Waals surface area contributed by atoms with E-state index in [1.807, 2.05) is 35.6 Å². The molecule has 11 rings (SSSR count). The number of para-hydroxylation sites is 1. The van der Waals surface area contributed by atoms with Gasteiger partial charge in [0.1, 0.15) is 0 Å². The van der Waals surface area contributed by atoms with Crippen LogP contribution in [0.4, 0.5) is 0 Å². The molecule has 0 aliphatic carbocycles. The van der Waals surface area contributed by atoms with Crippen LogP contribution in [0.2, 0.25) is 0 Å². The first-order chi connectivity index (χ1) is 25.8. The minimum Gasteiger partial charge on any atom is -0.309 e. The predicted octanol–water partition coefficient (Wildman–Crippen LogP) is 13.2. The van der Waals surface area contributed by atoms with Gasteiger partial charge in [-0.1, -0.05) is 140 Å². The largest absolute Gasteiger partial charge is 0.309 e. The van der Waals surface area contributed by atoms with E-state index < -0.39 is 0 Å². The third-order valence-electron chi connectivity index (χ3n) is 10.4. The fraction of sp³-hybridized carbons (Fsp3) is 0. The quantitative estimate of drug-likeness (QED) is 0.173. The van der Waals surface area contributed by atoms with E-state index in [0.717, 1.165) is 39.6 Å². The monoisotopic (exact) mass is 679 g/mol. The summed E-state index contributed by atoms with van der Waals surface area (Å²) < 4.78 is 5.09. The molecule has 0 fully saturated rings. The second-order valence-electron chi connectivity index (χ2n) is 13.3. The number of fused-ring (bicyclic) bond motifs is 12. The Kier molecular flexibility index (Phi) is 6.42. The van der Waals surface area contributed by atoms with Gasteiger partial charge in [-0.2, -0.15) is 0 Å². The summed E-state index contributed by atoms with van der Waals surface area (Å²) in [7, 11) is 0. The van der Waals surface area contributed by atoms with Gasteiger partial charge in [0.15, 0.2) is 5.82 Å². The molecule has 0 radical (unpaired) electrons. The van der Waals surface area contributed by atoms with E-state index in [9.17, 15) is 0 Å². The lowest BCUT2D eigenvalue weighted by Gasteiger charge is -2.11. The number of nitrogens with zero attached hydrogens (tertiary/aromatic N) is 3. The molecule has 4 heteroatoms. The zero-order valence-electron chi connectivity index (χ0n) is 28.0. The van der Waals surface area contributed by atoms with E-state index >= 15 is 0 Å². The maximum Gasteiger partial charge on any atom is 0.160 e. The molecule has 0 N–H and O–H groups in total. The van der Waals surface area contributed by atoms with Gasteiger partial charge >= 0.3 is 0 Å². The third kappa shape index (κ3) is 4.38. The Balaban J connectivity index is 1.13. The maximum atomic E-state index is 5.08. The van der Waals surface area contributed by atoms with Gasteiger partial charge in [0, 0.05) is 58.7 Å². The summed E-state index contributed by atoms with van der Waals surface area (Å²) in [5.41, 5.74) is 8.43. The average molecular weight is 680 g/mol. The molecule has 3 aromatic heterocycles. The van der Waals surface area contributed by atoms with E-state index in [0.29, 0.717) is 0 Å². The first kappa shape index (κ1) is 29.1. The SMILES string of the molecule is c1ccc(-c2cc(-c3ccc(-n4c5ccccc5c5c6c(ccc54)sc4c5ccccc5c5ccccc5c46)cc3)nc(-c3ccccc3)n2)cc1. The summed E-state index contributed by atoms with van der Waals surface area (Å²) in [5, 5.41) is 10.5. The van der Waals surface area contributed by atoms with Crippen molar-refractivity contribution in [3.05, 3.63) is 176 Å². The minimum atomic E-state index is 0.718. The van der Waals surface area contributed by atoms with E-state index in [-0.39, 0.29) is 0 Å². The number of hydrogen-bond acceptors (Lipinski definition) is 3. The Bertz CT molecular complexity index is 3100. The molecule has 242 valence electrons. The fourth-order valence-electron chi connectivity index (χ4n) is 8.08. The van der Waals surface area contributed by atoms with Crippen molar-refractivity contribution < 1.29 is 0 Å². The summed E-state index contributed by atoms with van der Waals surface area (Å²) in [6.45, 7) is 0. The summed E-state index contributed by atoms with van der Waals surface area (Å²) in [6, 6.07) is 62.8. The van der Waals surface area contributed by atoms with Crippen molar-refractivity contribution in [2.45, 2.75) is 0 Å². The summed E-state index contributed by atoms with van der Waals surface area (Å²) >= 11 is 1.91. The highest BCUT2D eigenvalue weighted by molar-refractivity contribution is 7.27. The first-order valence-electron chi connectivity index (χ1n) is 17.6. The van der Waals surface area contributed by atoms with Crippen LogP contribution >= 0.6 is 11.3 Å². The van der Waals surface area contributed by atoms with Crippen LogP contribution in [0.3, 0.4) is 0 Å². The molecule has 0 bridgehead atoms. The number of benzene rings is 8. The van der Waals surface area contributed by atoms with Gasteiger partial charge in [0.05, 0.1) is 22.4 Å². The highest BCUT2D eigenvalue weighted by Crippen LogP contribution is 2.48. The average Bonchev–Trinajstić information content (AvgIpc) is 3.78. The lowest BCUT2D eigenvalue weighted by Crippen LogP contribution is -1.97. The van der Waals surface area contributed by atoms with Crippen LogP contribution < -0.4 is 0 Å². The second kappa shape index (κ2) is 11.5. The van der Waals surface area contributed by atoms with Crippen LogP contribution in [0.1, 0.15) is 0 Å². The second-order valence-corrected chi connectivity index (χ2v) is 14.4. The minimum absolute atomic E-state index is 0.718. The van der Waals surface area contributed by atoms with Crippen molar-refractivity contribution in [1.29, 1.82) is 0 Å². The van der Waals surface area contributed by atoms with Gasteiger partial charge in [0.25, 0.3) is 0 Å². The number of aromatic nitrogens is 3. The molecule has 0 aliphatic rings. The molecule has 8 aromatic carbocycles. The fourth-order valence-corrected chi connectivity index (χ4v) is 9.34. The van der Waals surface area contributed by atoms with E-state index in [1.54, 1.807) is 0 Å². The molecule has 3 heterocycles. The Morgan fingerprint density at radius 1 is 0.385 bits per heavy atom. The molecule has 0 atom stereocenters. The molecule has 3 nitrogen and oxygen atoms in total. The molecule has 0 amide bonds. The number of rotatable bonds is 4. The Morgan fingerprint density at radius 2 is 0.942 bits per heavy atom. The Morgan fingerprint density at radius 3 is 1.65 bits per heavy atom. The van der Waals surface area contributed by atoms with Crippen LogP contribution in [-0.4, -0.2) is 14.5 Å². The van der Waals surface area contributed by atoms with Crippen molar-refractivity contribution in [2.24, 2.45) is 0 Å². The number of hydrogen-bond donors (Lipinski definition) is 0. The third-order valence-corrected chi connectivity index (χ3v) is 11.6. The first-order valence-corrected chi connectivity index (χ1v) is 18.4. The van der Waals surface area contributed by atoms with Crippen molar-refractivity contribution >= 4 is 74.9 Å². The van der Waals surface area contributed by atoms with Crippen LogP contribution in [0.5, 0.6) is 0 Å². The number of thiophene rings is 1. The zero-order chi connectivity index (χ0) is 34.2. The molecule has 0 aliphatic heterocycles. The molecular weight excluding hydrogens is 651 g/mol. The van der Waals surface area contributed by atoms with Gasteiger partial charge in [0.2, 0.25) is 0 Å². The van der Waals surface area contributed by atoms with Crippen LogP contribution in [0.15, 0.2) is 176 Å². The molecule has 11 aromatic rings. The van der Waals surface area contributed by atoms with Gasteiger partial charge in [-0.05, 0) is 52.6 Å². The van der Waals surface area contributed by atoms with Crippen molar-refractivity contribution in [3.63, 3.8) is 0 Å². The van der Waals surface area contributed by atoms with Crippen LogP contribution in [0, 0.1) is 0 Å². The topological polar surface area (TPSA) is 30.7 Å². The highest BCUT2D eigenvalue weighted by Gasteiger charge is 2.21. The lowest BCUT2D eigenvalue weighted by molar-refractivity contribution is 1.17. The summed E-state index contributed by atoms with van der Waals surface area (Å²) in [5.74, 6) is 0.718. The molecular formula is C48H29N3S. The molecule has 0 unspecified atom stereocenters. The zero-order valence-corrected chi connectivity index (χ0v) is 28.8. The Hall–Kier alpha value is -6.62. The maximum absolute atomic E-state index is 5.08. The Labute approximate surface area is 303 Å². The standard InChI is InChI=1S/C48H29N3S/c1-3-13-30(14-4-1)39-29-40(50-48(49-39)32-15-5-2-6-16-32)31-23-25-33(26-24-31)51-41-22-12-11-21-38(41)44-42(51)27-28-43-46(44)45-36-19-9-7-17-34(36)35-18-8-10-20-37(35)47(45)52-43/h1-29H. The molecule has 0 spiro atoms. The predicted molar refractivity (Wildman–Crippen MR) is 221 cm³/mol. The molecule has 52 heavy (non-hydrogen) atoms. The van der Waals surface area contributed by atoms with E-state index in [1.165, 1.54) is 63.5 Å². The summed E-state index contributed by atoms with van der Waals surface area (Å²) in [6.07, 6.45) is 0. The molecule has 0 saturated carbocycles. The van der Waals surface area contributed by atoms with Crippen molar-refractivity contribution in [2.75, 3.05) is 0 Å². The lowest BCUT2D eigenvalue weighted by atomic mass is 9.96. The summed E-state index contributed by atoms with van der Waals surface area (Å²) in [4.78, 5) is 10.1. The molecule has 0 saturated heterocycles. The van der Waals surface area contributed by atoms with E-state index in [2.05, 4.69) is 156 Å². The van der Waals surface area contributed by atoms with Gasteiger partial charge < -0.3 is 4.57 Å². The van der Waals surface area contributed by atoms with E-state index in [4.69, 9.17) is 9.97 Å². The van der Waals surface area contributed by atoms with Crippen molar-refractivity contribution in [1.82, 2.24) is 14.5 Å². The normalized spacial score (nSPS) is 11.8. The van der Waals surface area contributed by atoms with Gasteiger partial charge in [-0.3, -0.25) is 0 Å². The van der Waals surface area contributed by atoms with Gasteiger partial charge in [-0.25, -0.2) is 9.97 Å². The van der Waals surface area contributed by atoms with Gasteiger partial charge in [-0.15, -0.1) is 11.3 Å². The van der Waals surface area contributed by atoms with Crippen LogP contribution in [0.25, 0.3) is 103 Å². The highest BCUT2D eigenvalue weighted by atomic mass is 32.1. The smallest absolute Gasteiger partial charge is 0.160 e. The van der Waals surface area contributed by atoms with Crippen molar-refractivity contribution in [3.8, 4) is 39.6 Å². The van der Waals surface area contributed by atoms with Crippen LogP contribution in [-0.2, 0) is 0 Å².